The van der Waals surface area contributed by atoms with Crippen LogP contribution in [0.25, 0.3) is 0 Å². The number of amides is 1. The van der Waals surface area contributed by atoms with Crippen LogP contribution in [0.2, 0.25) is 0 Å². The molecule has 88 valence electrons. The number of aromatic nitrogens is 1. The molecular formula is C10H15N3O3. The molecule has 6 nitrogen and oxygen atoms in total. The van der Waals surface area contributed by atoms with Crippen LogP contribution in [0.1, 0.15) is 5.69 Å². The molecule has 1 amide bonds. The number of aryl methyl sites for hydroxylation is 1. The smallest absolute Gasteiger partial charge is 0.277 e. The van der Waals surface area contributed by atoms with Crippen molar-refractivity contribution in [2.45, 2.75) is 13.0 Å². The van der Waals surface area contributed by atoms with E-state index in [-0.39, 0.29) is 6.61 Å². The summed E-state index contributed by atoms with van der Waals surface area (Å²) in [5.74, 6) is 5.14. The predicted molar refractivity (Wildman–Crippen MR) is 57.6 cm³/mol. The quantitative estimate of drug-likeness (QED) is 0.411. The fourth-order valence-electron chi connectivity index (χ4n) is 1.15. The molecule has 3 N–H and O–H groups in total. The van der Waals surface area contributed by atoms with Crippen LogP contribution < -0.4 is 16.0 Å². The molecule has 0 spiro atoms. The van der Waals surface area contributed by atoms with Gasteiger partial charge < -0.3 is 9.47 Å². The number of nitrogens with zero attached hydrogens (tertiary/aromatic N) is 1. The Morgan fingerprint density at radius 2 is 2.44 bits per heavy atom. The second-order valence-electron chi connectivity index (χ2n) is 3.16. The molecule has 0 saturated carbocycles. The van der Waals surface area contributed by atoms with Gasteiger partial charge in [0, 0.05) is 13.3 Å². The number of ether oxygens (including phenoxy) is 2. The maximum absolute atomic E-state index is 11.4. The SMILES string of the molecule is COCC(Oc1cccnc1C)C(=O)NN. The first-order valence-corrected chi connectivity index (χ1v) is 4.76. The molecule has 0 aliphatic rings. The third kappa shape index (κ3) is 3.18. The standard InChI is InChI=1S/C10H15N3O3/c1-7-8(4-3-5-12-7)16-9(6-15-2)10(14)13-11/h3-5,9H,6,11H2,1-2H3,(H,13,14). The first kappa shape index (κ1) is 12.4. The lowest BCUT2D eigenvalue weighted by Crippen LogP contribution is -2.44. The van der Waals surface area contributed by atoms with Crippen molar-refractivity contribution in [1.82, 2.24) is 10.4 Å². The molecule has 16 heavy (non-hydrogen) atoms. The van der Waals surface area contributed by atoms with Crippen molar-refractivity contribution in [3.63, 3.8) is 0 Å². The van der Waals surface area contributed by atoms with E-state index in [0.29, 0.717) is 11.4 Å². The minimum atomic E-state index is -0.780. The molecule has 0 bridgehead atoms. The summed E-state index contributed by atoms with van der Waals surface area (Å²) in [5, 5.41) is 0. The Morgan fingerprint density at radius 1 is 1.69 bits per heavy atom. The fourth-order valence-corrected chi connectivity index (χ4v) is 1.15. The number of hydrazine groups is 1. The minimum Gasteiger partial charge on any atom is -0.476 e. The van der Waals surface area contributed by atoms with Crippen LogP contribution in [0, 0.1) is 6.92 Å². The van der Waals surface area contributed by atoms with Gasteiger partial charge in [0.2, 0.25) is 6.10 Å². The lowest BCUT2D eigenvalue weighted by molar-refractivity contribution is -0.130. The van der Waals surface area contributed by atoms with E-state index in [1.165, 1.54) is 7.11 Å². The van der Waals surface area contributed by atoms with Crippen molar-refractivity contribution in [3.8, 4) is 5.75 Å². The average molecular weight is 225 g/mol. The Kier molecular flexibility index (Phi) is 4.68. The predicted octanol–water partition coefficient (Wildman–Crippen LogP) is -0.226. The number of nitrogens with one attached hydrogen (secondary N) is 1. The second kappa shape index (κ2) is 6.04. The molecule has 0 saturated heterocycles. The minimum absolute atomic E-state index is 0.122. The molecule has 1 heterocycles. The number of hydrogen-bond donors (Lipinski definition) is 2. The number of pyridine rings is 1. The van der Waals surface area contributed by atoms with Crippen LogP contribution >= 0.6 is 0 Å². The van der Waals surface area contributed by atoms with Crippen molar-refractivity contribution >= 4 is 5.91 Å². The summed E-state index contributed by atoms with van der Waals surface area (Å²) in [4.78, 5) is 15.4. The fraction of sp³-hybridized carbons (Fsp3) is 0.400. The van der Waals surface area contributed by atoms with Gasteiger partial charge in [0.05, 0.1) is 12.3 Å². The summed E-state index contributed by atoms with van der Waals surface area (Å²) in [6.45, 7) is 1.91. The lowest BCUT2D eigenvalue weighted by atomic mass is 10.3. The molecule has 0 aliphatic carbocycles. The summed E-state index contributed by atoms with van der Waals surface area (Å²) < 4.78 is 10.3. The van der Waals surface area contributed by atoms with E-state index in [2.05, 4.69) is 4.98 Å². The highest BCUT2D eigenvalue weighted by Crippen LogP contribution is 2.15. The molecule has 1 rings (SSSR count). The number of rotatable bonds is 5. The van der Waals surface area contributed by atoms with Gasteiger partial charge in [0.1, 0.15) is 5.75 Å². The Bertz CT molecular complexity index is 357. The second-order valence-corrected chi connectivity index (χ2v) is 3.16. The monoisotopic (exact) mass is 225 g/mol. The van der Waals surface area contributed by atoms with E-state index < -0.39 is 12.0 Å². The molecule has 1 unspecified atom stereocenters. The molecule has 0 aliphatic heterocycles. The summed E-state index contributed by atoms with van der Waals surface area (Å²) in [5.41, 5.74) is 2.73. The number of methoxy groups -OCH3 is 1. The molecule has 1 aromatic heterocycles. The summed E-state index contributed by atoms with van der Waals surface area (Å²) >= 11 is 0. The maximum Gasteiger partial charge on any atom is 0.277 e. The Morgan fingerprint density at radius 3 is 3.00 bits per heavy atom. The van der Waals surface area contributed by atoms with Crippen molar-refractivity contribution in [2.24, 2.45) is 5.84 Å². The van der Waals surface area contributed by atoms with Gasteiger partial charge in [-0.25, -0.2) is 5.84 Å². The largest absolute Gasteiger partial charge is 0.476 e. The Hall–Kier alpha value is -1.66. The molecular weight excluding hydrogens is 210 g/mol. The first-order chi connectivity index (χ1) is 7.69. The van der Waals surface area contributed by atoms with Crippen LogP contribution in [0.15, 0.2) is 18.3 Å². The summed E-state index contributed by atoms with van der Waals surface area (Å²) in [7, 11) is 1.48. The van der Waals surface area contributed by atoms with E-state index in [4.69, 9.17) is 15.3 Å². The Labute approximate surface area is 93.7 Å². The number of hydrogen-bond acceptors (Lipinski definition) is 5. The van der Waals surface area contributed by atoms with E-state index in [0.717, 1.165) is 0 Å². The average Bonchev–Trinajstić information content (AvgIpc) is 2.30. The Balaban J connectivity index is 2.75. The van der Waals surface area contributed by atoms with Gasteiger partial charge in [-0.15, -0.1) is 0 Å². The zero-order valence-electron chi connectivity index (χ0n) is 9.27. The van der Waals surface area contributed by atoms with Gasteiger partial charge >= 0.3 is 0 Å². The van der Waals surface area contributed by atoms with Gasteiger partial charge in [-0.05, 0) is 19.1 Å². The molecule has 0 radical (unpaired) electrons. The van der Waals surface area contributed by atoms with Crippen molar-refractivity contribution in [2.75, 3.05) is 13.7 Å². The van der Waals surface area contributed by atoms with Crippen molar-refractivity contribution < 1.29 is 14.3 Å². The van der Waals surface area contributed by atoms with Crippen LogP contribution in [0.3, 0.4) is 0 Å². The molecule has 1 atom stereocenters. The highest BCUT2D eigenvalue weighted by Gasteiger charge is 2.20. The van der Waals surface area contributed by atoms with Gasteiger partial charge in [-0.1, -0.05) is 0 Å². The summed E-state index contributed by atoms with van der Waals surface area (Å²) in [6.07, 6.45) is 0.870. The maximum atomic E-state index is 11.4. The third-order valence-electron chi connectivity index (χ3n) is 1.98. The van der Waals surface area contributed by atoms with Crippen LogP contribution in [0.5, 0.6) is 5.75 Å². The molecule has 6 heteroatoms. The summed E-state index contributed by atoms with van der Waals surface area (Å²) in [6, 6.07) is 3.46. The lowest BCUT2D eigenvalue weighted by Gasteiger charge is -2.17. The topological polar surface area (TPSA) is 86.5 Å². The van der Waals surface area contributed by atoms with Gasteiger partial charge in [-0.2, -0.15) is 0 Å². The zero-order valence-corrected chi connectivity index (χ0v) is 9.27. The first-order valence-electron chi connectivity index (χ1n) is 4.76. The van der Waals surface area contributed by atoms with Gasteiger partial charge in [-0.3, -0.25) is 15.2 Å². The van der Waals surface area contributed by atoms with E-state index in [9.17, 15) is 4.79 Å². The van der Waals surface area contributed by atoms with Crippen molar-refractivity contribution in [1.29, 1.82) is 0 Å². The molecule has 0 aromatic carbocycles. The van der Waals surface area contributed by atoms with Gasteiger partial charge in [0.15, 0.2) is 0 Å². The van der Waals surface area contributed by atoms with Gasteiger partial charge in [0.25, 0.3) is 5.91 Å². The number of nitrogens with two attached hydrogens (primary N) is 1. The highest BCUT2D eigenvalue weighted by atomic mass is 16.5. The molecule has 0 fully saturated rings. The number of carbonyl (C=O) groups excluding carboxylic acids is 1. The normalized spacial score (nSPS) is 11.9. The van der Waals surface area contributed by atoms with Crippen LogP contribution in [-0.4, -0.2) is 30.7 Å². The van der Waals surface area contributed by atoms with E-state index >= 15 is 0 Å². The van der Waals surface area contributed by atoms with Crippen LogP contribution in [-0.2, 0) is 9.53 Å². The van der Waals surface area contributed by atoms with E-state index in [1.54, 1.807) is 25.3 Å². The third-order valence-corrected chi connectivity index (χ3v) is 1.98. The number of carbonyl (C=O) groups is 1. The van der Waals surface area contributed by atoms with Crippen molar-refractivity contribution in [3.05, 3.63) is 24.0 Å². The molecule has 1 aromatic rings. The highest BCUT2D eigenvalue weighted by molar-refractivity contribution is 5.80. The zero-order chi connectivity index (χ0) is 12.0. The van der Waals surface area contributed by atoms with E-state index in [1.807, 2.05) is 5.43 Å². The van der Waals surface area contributed by atoms with Crippen LogP contribution in [0.4, 0.5) is 0 Å².